The first-order valence-corrected chi connectivity index (χ1v) is 12.6. The van der Waals surface area contributed by atoms with Gasteiger partial charge in [-0.1, -0.05) is 60.1 Å². The fourth-order valence-electron chi connectivity index (χ4n) is 4.99. The molecular formula is C29H31ClO6. The molecule has 5 rings (SSSR count). The van der Waals surface area contributed by atoms with Gasteiger partial charge in [-0.15, -0.1) is 0 Å². The lowest BCUT2D eigenvalue weighted by Crippen LogP contribution is -2.47. The summed E-state index contributed by atoms with van der Waals surface area (Å²) in [5.74, 6) is 0.769. The largest absolute Gasteiger partial charge is 0.490 e. The van der Waals surface area contributed by atoms with E-state index < -0.39 is 30.0 Å². The van der Waals surface area contributed by atoms with Crippen molar-refractivity contribution in [2.24, 2.45) is 0 Å². The van der Waals surface area contributed by atoms with Crippen LogP contribution in [0.3, 0.4) is 0 Å². The predicted octanol–water partition coefficient (Wildman–Crippen LogP) is 4.30. The van der Waals surface area contributed by atoms with Crippen molar-refractivity contribution in [2.75, 3.05) is 13.2 Å². The number of fused-ring (bicyclic) bond motifs is 1. The summed E-state index contributed by atoms with van der Waals surface area (Å²) >= 11 is 6.49. The molecule has 0 spiro atoms. The van der Waals surface area contributed by atoms with Crippen molar-refractivity contribution >= 4 is 11.6 Å². The lowest BCUT2D eigenvalue weighted by atomic mass is 9.92. The molecule has 0 amide bonds. The molecule has 0 aliphatic carbocycles. The van der Waals surface area contributed by atoms with Crippen LogP contribution in [-0.2, 0) is 28.1 Å². The highest BCUT2D eigenvalue weighted by atomic mass is 35.5. The summed E-state index contributed by atoms with van der Waals surface area (Å²) in [5.41, 5.74) is 4.76. The average molecular weight is 511 g/mol. The summed E-state index contributed by atoms with van der Waals surface area (Å²) < 4.78 is 18.0. The second-order valence-electron chi connectivity index (χ2n) is 9.78. The van der Waals surface area contributed by atoms with Gasteiger partial charge >= 0.3 is 0 Å². The maximum atomic E-state index is 10.2. The monoisotopic (exact) mass is 510 g/mol. The topological polar surface area (TPSA) is 88.4 Å². The Kier molecular flexibility index (Phi) is 7.35. The highest BCUT2D eigenvalue weighted by Crippen LogP contribution is 2.37. The molecule has 3 N–H and O–H groups in total. The summed E-state index contributed by atoms with van der Waals surface area (Å²) in [7, 11) is 0. The standard InChI is InChI=1S/C29H31ClO6/c1-29(23-5-3-2-4-20(23)16-35-29)17-34-22-9-6-18(7-10-22)12-21-13-19(8-11-24(21)30)26-14-25(32)28(33)27(15-31)36-26/h2-11,13,25-28,31-33H,12,14-17H2,1H3/t25-,26-,27-,28+,29?/m1/s1. The number of aliphatic hydroxyl groups is 3. The van der Waals surface area contributed by atoms with Crippen molar-refractivity contribution in [3.63, 3.8) is 0 Å². The number of hydrogen-bond donors (Lipinski definition) is 3. The first-order chi connectivity index (χ1) is 17.4. The zero-order valence-electron chi connectivity index (χ0n) is 20.1. The van der Waals surface area contributed by atoms with E-state index in [1.165, 1.54) is 11.1 Å². The van der Waals surface area contributed by atoms with Crippen LogP contribution in [0.25, 0.3) is 0 Å². The van der Waals surface area contributed by atoms with Crippen LogP contribution in [0.15, 0.2) is 66.7 Å². The third-order valence-electron chi connectivity index (χ3n) is 7.16. The van der Waals surface area contributed by atoms with E-state index >= 15 is 0 Å². The van der Waals surface area contributed by atoms with Crippen molar-refractivity contribution in [1.29, 1.82) is 0 Å². The van der Waals surface area contributed by atoms with E-state index in [9.17, 15) is 15.3 Å². The van der Waals surface area contributed by atoms with Crippen molar-refractivity contribution in [3.05, 3.63) is 99.6 Å². The van der Waals surface area contributed by atoms with E-state index in [4.69, 9.17) is 25.8 Å². The molecule has 2 heterocycles. The molecule has 2 aliphatic rings. The van der Waals surface area contributed by atoms with Gasteiger partial charge < -0.3 is 29.5 Å². The van der Waals surface area contributed by atoms with Gasteiger partial charge in [0, 0.05) is 11.4 Å². The summed E-state index contributed by atoms with van der Waals surface area (Å²) in [6.45, 7) is 2.72. The second-order valence-corrected chi connectivity index (χ2v) is 10.2. The molecule has 2 aliphatic heterocycles. The van der Waals surface area contributed by atoms with E-state index in [-0.39, 0.29) is 13.0 Å². The van der Waals surface area contributed by atoms with Gasteiger partial charge in [-0.05, 0) is 59.4 Å². The van der Waals surface area contributed by atoms with Gasteiger partial charge in [0.15, 0.2) is 0 Å². The maximum Gasteiger partial charge on any atom is 0.125 e. The summed E-state index contributed by atoms with van der Waals surface area (Å²) in [6.07, 6.45) is -2.46. The number of ether oxygens (including phenoxy) is 3. The fourth-order valence-corrected chi connectivity index (χ4v) is 5.17. The van der Waals surface area contributed by atoms with Crippen molar-refractivity contribution in [3.8, 4) is 5.75 Å². The van der Waals surface area contributed by atoms with Crippen LogP contribution >= 0.6 is 11.6 Å². The summed E-state index contributed by atoms with van der Waals surface area (Å²) in [5, 5.41) is 30.3. The molecule has 3 aromatic carbocycles. The van der Waals surface area contributed by atoms with Gasteiger partial charge in [-0.2, -0.15) is 0 Å². The Morgan fingerprint density at radius 2 is 1.83 bits per heavy atom. The Morgan fingerprint density at radius 1 is 1.06 bits per heavy atom. The molecule has 0 bridgehead atoms. The Morgan fingerprint density at radius 3 is 2.61 bits per heavy atom. The van der Waals surface area contributed by atoms with E-state index in [0.29, 0.717) is 24.7 Å². The van der Waals surface area contributed by atoms with Crippen molar-refractivity contribution in [2.45, 2.75) is 56.4 Å². The molecule has 36 heavy (non-hydrogen) atoms. The molecular weight excluding hydrogens is 480 g/mol. The van der Waals surface area contributed by atoms with Crippen LogP contribution in [0.5, 0.6) is 5.75 Å². The first kappa shape index (κ1) is 25.2. The Labute approximate surface area is 216 Å². The molecule has 0 radical (unpaired) electrons. The van der Waals surface area contributed by atoms with Crippen LogP contribution in [0.4, 0.5) is 0 Å². The molecule has 3 aromatic rings. The molecule has 7 heteroatoms. The van der Waals surface area contributed by atoms with Gasteiger partial charge in [0.25, 0.3) is 0 Å². The van der Waals surface area contributed by atoms with E-state index in [1.54, 1.807) is 0 Å². The van der Waals surface area contributed by atoms with Gasteiger partial charge in [0.05, 0.1) is 25.4 Å². The molecule has 190 valence electrons. The van der Waals surface area contributed by atoms with Crippen LogP contribution < -0.4 is 4.74 Å². The number of aliphatic hydroxyl groups excluding tert-OH is 3. The highest BCUT2D eigenvalue weighted by molar-refractivity contribution is 6.31. The highest BCUT2D eigenvalue weighted by Gasteiger charge is 2.37. The summed E-state index contributed by atoms with van der Waals surface area (Å²) in [6, 6.07) is 21.8. The predicted molar refractivity (Wildman–Crippen MR) is 136 cm³/mol. The molecule has 0 aromatic heterocycles. The van der Waals surface area contributed by atoms with Gasteiger partial charge in [0.2, 0.25) is 0 Å². The number of hydrogen-bond acceptors (Lipinski definition) is 6. The molecule has 6 nitrogen and oxygen atoms in total. The zero-order valence-corrected chi connectivity index (χ0v) is 20.9. The fraction of sp³-hybridized carbons (Fsp3) is 0.379. The quantitative estimate of drug-likeness (QED) is 0.439. The normalized spacial score (nSPS) is 27.6. The van der Waals surface area contributed by atoms with Crippen LogP contribution in [-0.4, -0.2) is 46.8 Å². The molecule has 5 atom stereocenters. The van der Waals surface area contributed by atoms with Gasteiger partial charge in [-0.25, -0.2) is 0 Å². The minimum atomic E-state index is -1.10. The zero-order chi connectivity index (χ0) is 25.3. The first-order valence-electron chi connectivity index (χ1n) is 12.2. The van der Waals surface area contributed by atoms with Gasteiger partial charge in [-0.3, -0.25) is 0 Å². The van der Waals surface area contributed by atoms with Crippen LogP contribution in [0.2, 0.25) is 5.02 Å². The average Bonchev–Trinajstić information content (AvgIpc) is 3.23. The van der Waals surface area contributed by atoms with Gasteiger partial charge in [0.1, 0.15) is 30.2 Å². The minimum absolute atomic E-state index is 0.248. The molecule has 1 saturated heterocycles. The third-order valence-corrected chi connectivity index (χ3v) is 7.53. The Hall–Kier alpha value is -2.45. The molecule has 1 fully saturated rings. The lowest BCUT2D eigenvalue weighted by Gasteiger charge is -2.36. The Bertz CT molecular complexity index is 1200. The maximum absolute atomic E-state index is 10.2. The number of rotatable bonds is 7. The number of benzene rings is 3. The van der Waals surface area contributed by atoms with E-state index in [2.05, 4.69) is 19.1 Å². The molecule has 0 saturated carbocycles. The van der Waals surface area contributed by atoms with E-state index in [0.717, 1.165) is 22.4 Å². The number of halogens is 1. The van der Waals surface area contributed by atoms with Crippen LogP contribution in [0, 0.1) is 0 Å². The van der Waals surface area contributed by atoms with Crippen molar-refractivity contribution in [1.82, 2.24) is 0 Å². The lowest BCUT2D eigenvalue weighted by molar-refractivity contribution is -0.181. The smallest absolute Gasteiger partial charge is 0.125 e. The third kappa shape index (κ3) is 5.16. The minimum Gasteiger partial charge on any atom is -0.490 e. The van der Waals surface area contributed by atoms with E-state index in [1.807, 2.05) is 54.6 Å². The van der Waals surface area contributed by atoms with Crippen molar-refractivity contribution < 1.29 is 29.5 Å². The second kappa shape index (κ2) is 10.5. The van der Waals surface area contributed by atoms with Crippen LogP contribution in [0.1, 0.15) is 47.3 Å². The summed E-state index contributed by atoms with van der Waals surface area (Å²) in [4.78, 5) is 0. The SMILES string of the molecule is CC1(COc2ccc(Cc3cc([C@H]4C[C@@H](O)[C@H](O)[C@@H](CO)O4)ccc3Cl)cc2)OCc2ccccc21. The Balaban J connectivity index is 1.24. The molecule has 1 unspecified atom stereocenters.